The van der Waals surface area contributed by atoms with Crippen LogP contribution in [0.4, 0.5) is 5.69 Å². The van der Waals surface area contributed by atoms with Crippen molar-refractivity contribution >= 4 is 29.0 Å². The molecule has 2 aromatic carbocycles. The van der Waals surface area contributed by atoms with Crippen molar-refractivity contribution in [1.82, 2.24) is 4.90 Å². The number of aliphatic hydroxyl groups is 1. The maximum atomic E-state index is 13.8. The lowest BCUT2D eigenvalue weighted by Crippen LogP contribution is -2.52. The van der Waals surface area contributed by atoms with E-state index in [1.54, 1.807) is 62.5 Å². The number of rotatable bonds is 7. The molecular weight excluding hydrogens is 436 g/mol. The summed E-state index contributed by atoms with van der Waals surface area (Å²) in [6, 6.07) is 11.9. The Morgan fingerprint density at radius 2 is 1.91 bits per heavy atom. The van der Waals surface area contributed by atoms with Gasteiger partial charge >= 0.3 is 0 Å². The molecule has 0 aliphatic carbocycles. The van der Waals surface area contributed by atoms with Crippen LogP contribution in [0.5, 0.6) is 5.75 Å². The predicted molar refractivity (Wildman–Crippen MR) is 127 cm³/mol. The van der Waals surface area contributed by atoms with Gasteiger partial charge in [-0.2, -0.15) is 0 Å². The van der Waals surface area contributed by atoms with Gasteiger partial charge in [-0.05, 0) is 36.8 Å². The van der Waals surface area contributed by atoms with Gasteiger partial charge in [-0.3, -0.25) is 14.4 Å². The number of fused-ring (bicyclic) bond motifs is 2. The smallest absolute Gasteiger partial charge is 0.296 e. The van der Waals surface area contributed by atoms with E-state index in [2.05, 4.69) is 6.58 Å². The van der Waals surface area contributed by atoms with Crippen LogP contribution in [0.15, 0.2) is 60.7 Å². The number of nitrogens with zero attached hydrogens (tertiary/aromatic N) is 2. The predicted octanol–water partition coefficient (Wildman–Crippen LogP) is 2.76. The molecule has 0 radical (unpaired) electrons. The van der Waals surface area contributed by atoms with Gasteiger partial charge < -0.3 is 24.4 Å². The molecule has 176 valence electrons. The van der Waals surface area contributed by atoms with E-state index in [-0.39, 0.29) is 18.7 Å². The van der Waals surface area contributed by atoms with Crippen molar-refractivity contribution < 1.29 is 29.0 Å². The number of hydrogen-bond acceptors (Lipinski definition) is 6. The third kappa shape index (κ3) is 3.21. The molecule has 0 bridgehead atoms. The van der Waals surface area contributed by atoms with Crippen molar-refractivity contribution in [1.29, 1.82) is 0 Å². The summed E-state index contributed by atoms with van der Waals surface area (Å²) < 4.78 is 10.7. The number of carbonyl (C=O) groups excluding carboxylic acids is 3. The molecule has 4 rings (SSSR count). The lowest BCUT2D eigenvalue weighted by molar-refractivity contribution is -0.144. The number of para-hydroxylation sites is 1. The minimum Gasteiger partial charge on any atom is -0.507 e. The molecular formula is C26H26N2O6. The zero-order chi connectivity index (χ0) is 24.6. The van der Waals surface area contributed by atoms with Crippen molar-refractivity contribution in [2.24, 2.45) is 0 Å². The largest absolute Gasteiger partial charge is 0.507 e. The van der Waals surface area contributed by atoms with E-state index in [1.807, 2.05) is 0 Å². The van der Waals surface area contributed by atoms with Crippen LogP contribution in [0.2, 0.25) is 0 Å². The van der Waals surface area contributed by atoms with E-state index in [4.69, 9.17) is 9.47 Å². The average Bonchev–Trinajstić information content (AvgIpc) is 3.20. The zero-order valence-corrected chi connectivity index (χ0v) is 19.3. The monoisotopic (exact) mass is 462 g/mol. The molecule has 2 amide bonds. The minimum atomic E-state index is -1.78. The number of ether oxygens (including phenoxy) is 2. The third-order valence-corrected chi connectivity index (χ3v) is 6.26. The number of ketones is 1. The Hall–Kier alpha value is -3.91. The van der Waals surface area contributed by atoms with Crippen molar-refractivity contribution in [2.45, 2.75) is 12.5 Å². The maximum Gasteiger partial charge on any atom is 0.296 e. The first-order valence-electron chi connectivity index (χ1n) is 10.8. The number of aliphatic hydroxyl groups excluding tert-OH is 1. The Balaban J connectivity index is 1.97. The van der Waals surface area contributed by atoms with E-state index < -0.39 is 28.9 Å². The summed E-state index contributed by atoms with van der Waals surface area (Å²) in [5, 5.41) is 11.4. The number of amides is 2. The molecule has 1 fully saturated rings. The molecule has 2 aromatic rings. The molecule has 8 heteroatoms. The van der Waals surface area contributed by atoms with Gasteiger partial charge in [0.25, 0.3) is 17.6 Å². The SMILES string of the molecule is C=CCOc1ccc(C(O)=C2C(=O)C(=O)N(CCOC)C23C(=O)N(C)c2ccccc23)cc1C. The van der Waals surface area contributed by atoms with Gasteiger partial charge in [-0.15, -0.1) is 0 Å². The van der Waals surface area contributed by atoms with Crippen LogP contribution in [0.3, 0.4) is 0 Å². The standard InChI is InChI=1S/C26H26N2O6/c1-5-13-34-20-11-10-17(15-16(20)2)22(29)21-23(30)24(31)28(12-14-33-4)26(21)18-8-6-7-9-19(18)27(3)25(26)32/h5-11,15,29H,1,12-14H2,2-4H3. The second-order valence-corrected chi connectivity index (χ2v) is 8.17. The molecule has 8 nitrogen and oxygen atoms in total. The second kappa shape index (κ2) is 8.79. The first-order valence-corrected chi connectivity index (χ1v) is 10.8. The molecule has 34 heavy (non-hydrogen) atoms. The van der Waals surface area contributed by atoms with Crippen LogP contribution in [0, 0.1) is 6.92 Å². The zero-order valence-electron chi connectivity index (χ0n) is 19.3. The van der Waals surface area contributed by atoms with Crippen molar-refractivity contribution in [3.8, 4) is 5.75 Å². The van der Waals surface area contributed by atoms with Crippen LogP contribution in [0.1, 0.15) is 16.7 Å². The molecule has 0 saturated carbocycles. The summed E-state index contributed by atoms with van der Waals surface area (Å²) in [4.78, 5) is 43.0. The Bertz CT molecular complexity index is 1230. The summed E-state index contributed by atoms with van der Waals surface area (Å²) >= 11 is 0. The lowest BCUT2D eigenvalue weighted by Gasteiger charge is -2.34. The van der Waals surface area contributed by atoms with Crippen molar-refractivity contribution in [3.63, 3.8) is 0 Å². The highest BCUT2D eigenvalue weighted by Gasteiger charge is 2.66. The summed E-state index contributed by atoms with van der Waals surface area (Å²) in [5.74, 6) is -2.10. The normalized spacial score (nSPS) is 20.9. The summed E-state index contributed by atoms with van der Waals surface area (Å²) in [7, 11) is 3.06. The topological polar surface area (TPSA) is 96.4 Å². The minimum absolute atomic E-state index is 0.000867. The number of likely N-dealkylation sites (N-methyl/N-ethyl adjacent to an activating group) is 1. The first kappa shape index (κ1) is 23.3. The lowest BCUT2D eigenvalue weighted by atomic mass is 9.82. The van der Waals surface area contributed by atoms with Crippen LogP contribution in [-0.4, -0.2) is 61.5 Å². The summed E-state index contributed by atoms with van der Waals surface area (Å²) in [5.41, 5.74) is -0.00603. The van der Waals surface area contributed by atoms with E-state index in [1.165, 1.54) is 16.9 Å². The van der Waals surface area contributed by atoms with E-state index in [0.717, 1.165) is 0 Å². The third-order valence-electron chi connectivity index (χ3n) is 6.26. The van der Waals surface area contributed by atoms with Gasteiger partial charge in [-0.1, -0.05) is 30.9 Å². The second-order valence-electron chi connectivity index (χ2n) is 8.17. The number of likely N-dealkylation sites (tertiary alicyclic amines) is 1. The first-order chi connectivity index (χ1) is 16.3. The Morgan fingerprint density at radius 3 is 2.59 bits per heavy atom. The molecule has 0 aromatic heterocycles. The van der Waals surface area contributed by atoms with Crippen LogP contribution >= 0.6 is 0 Å². The molecule has 1 unspecified atom stereocenters. The number of hydrogen-bond donors (Lipinski definition) is 1. The Kier molecular flexibility index (Phi) is 6.01. The molecule has 2 aliphatic rings. The van der Waals surface area contributed by atoms with Gasteiger partial charge in [0.1, 0.15) is 18.1 Å². The highest BCUT2D eigenvalue weighted by atomic mass is 16.5. The average molecular weight is 463 g/mol. The highest BCUT2D eigenvalue weighted by Crippen LogP contribution is 2.53. The van der Waals surface area contributed by atoms with E-state index in [0.29, 0.717) is 34.7 Å². The number of anilines is 1. The van der Waals surface area contributed by atoms with Crippen molar-refractivity contribution in [2.75, 3.05) is 38.8 Å². The molecule has 1 saturated heterocycles. The number of aryl methyl sites for hydroxylation is 1. The quantitative estimate of drug-likeness (QED) is 0.294. The Labute approximate surface area is 197 Å². The fourth-order valence-electron chi connectivity index (χ4n) is 4.71. The fraction of sp³-hybridized carbons (Fsp3) is 0.269. The van der Waals surface area contributed by atoms with Crippen molar-refractivity contribution in [3.05, 3.63) is 77.4 Å². The number of methoxy groups -OCH3 is 1. The highest BCUT2D eigenvalue weighted by molar-refractivity contribution is 6.50. The number of Topliss-reactive ketones (excluding diaryl/α,β-unsaturated/α-hetero) is 1. The Morgan fingerprint density at radius 1 is 1.18 bits per heavy atom. The maximum absolute atomic E-state index is 13.8. The molecule has 2 heterocycles. The van der Waals surface area contributed by atoms with Gasteiger partial charge in [0.15, 0.2) is 5.54 Å². The molecule has 1 atom stereocenters. The molecule has 2 aliphatic heterocycles. The van der Waals surface area contributed by atoms with E-state index >= 15 is 0 Å². The molecule has 1 N–H and O–H groups in total. The van der Waals surface area contributed by atoms with Crippen LogP contribution in [0.25, 0.3) is 5.76 Å². The van der Waals surface area contributed by atoms with E-state index in [9.17, 15) is 19.5 Å². The number of benzene rings is 2. The van der Waals surface area contributed by atoms with Gasteiger partial charge in [0, 0.05) is 37.5 Å². The van der Waals surface area contributed by atoms with Crippen LogP contribution in [-0.2, 0) is 24.7 Å². The summed E-state index contributed by atoms with van der Waals surface area (Å²) in [6.07, 6.45) is 1.62. The fourth-order valence-corrected chi connectivity index (χ4v) is 4.71. The van der Waals surface area contributed by atoms with Crippen LogP contribution < -0.4 is 9.64 Å². The van der Waals surface area contributed by atoms with Gasteiger partial charge in [0.05, 0.1) is 12.2 Å². The summed E-state index contributed by atoms with van der Waals surface area (Å²) in [6.45, 7) is 5.85. The molecule has 1 spiro atoms. The van der Waals surface area contributed by atoms with Gasteiger partial charge in [-0.25, -0.2) is 0 Å². The van der Waals surface area contributed by atoms with Gasteiger partial charge in [0.2, 0.25) is 0 Å². The number of carbonyl (C=O) groups is 3.